The zero-order valence-electron chi connectivity index (χ0n) is 12.8. The number of aromatic nitrogens is 4. The molecule has 116 valence electrons. The first kappa shape index (κ1) is 14.7. The summed E-state index contributed by atoms with van der Waals surface area (Å²) >= 11 is 0. The molecule has 1 aliphatic rings. The highest BCUT2D eigenvalue weighted by atomic mass is 16.2. The number of nitrogens with one attached hydrogen (secondary N) is 1. The van der Waals surface area contributed by atoms with Crippen LogP contribution in [0, 0.1) is 5.92 Å². The van der Waals surface area contributed by atoms with Crippen LogP contribution in [0.5, 0.6) is 0 Å². The van der Waals surface area contributed by atoms with Crippen molar-refractivity contribution in [2.75, 3.05) is 0 Å². The second kappa shape index (κ2) is 6.68. The first-order valence-electron chi connectivity index (χ1n) is 7.81. The fourth-order valence-electron chi connectivity index (χ4n) is 3.02. The monoisotopic (exact) mass is 299 g/mol. The summed E-state index contributed by atoms with van der Waals surface area (Å²) in [6, 6.07) is 0.296. The molecule has 0 unspecified atom stereocenters. The van der Waals surface area contributed by atoms with E-state index in [1.807, 2.05) is 4.57 Å². The fourth-order valence-corrected chi connectivity index (χ4v) is 3.02. The van der Waals surface area contributed by atoms with Gasteiger partial charge < -0.3 is 9.88 Å². The first-order valence-corrected chi connectivity index (χ1v) is 7.81. The summed E-state index contributed by atoms with van der Waals surface area (Å²) in [6.07, 6.45) is 13.1. The number of nitrogens with zero attached hydrogens (tertiary/aromatic N) is 4. The Morgan fingerprint density at radius 3 is 2.91 bits per heavy atom. The predicted octanol–water partition coefficient (Wildman–Crippen LogP) is 2.04. The van der Waals surface area contributed by atoms with Crippen molar-refractivity contribution >= 4 is 5.91 Å². The van der Waals surface area contributed by atoms with Gasteiger partial charge in [0.25, 0.3) is 0 Å². The van der Waals surface area contributed by atoms with Crippen LogP contribution in [-0.4, -0.2) is 31.5 Å². The number of amides is 1. The van der Waals surface area contributed by atoms with Crippen LogP contribution >= 0.6 is 0 Å². The van der Waals surface area contributed by atoms with E-state index in [1.165, 1.54) is 19.3 Å². The molecule has 0 bridgehead atoms. The van der Waals surface area contributed by atoms with E-state index in [2.05, 4.69) is 27.2 Å². The van der Waals surface area contributed by atoms with Gasteiger partial charge in [0.2, 0.25) is 5.91 Å². The van der Waals surface area contributed by atoms with Crippen molar-refractivity contribution in [2.24, 2.45) is 5.92 Å². The molecule has 0 aliphatic heterocycles. The van der Waals surface area contributed by atoms with Crippen LogP contribution in [0.25, 0.3) is 11.5 Å². The van der Waals surface area contributed by atoms with Crippen LogP contribution in [0.15, 0.2) is 31.0 Å². The molecule has 0 aromatic carbocycles. The van der Waals surface area contributed by atoms with E-state index in [1.54, 1.807) is 31.0 Å². The van der Waals surface area contributed by atoms with Crippen LogP contribution in [0.3, 0.4) is 0 Å². The molecule has 1 saturated carbocycles. The molecule has 2 aromatic rings. The van der Waals surface area contributed by atoms with Gasteiger partial charge in [-0.05, 0) is 18.8 Å². The van der Waals surface area contributed by atoms with Crippen LogP contribution < -0.4 is 5.32 Å². The number of carbonyl (C=O) groups is 1. The van der Waals surface area contributed by atoms with Crippen LogP contribution in [0.2, 0.25) is 0 Å². The molecule has 0 radical (unpaired) electrons. The number of rotatable bonds is 4. The summed E-state index contributed by atoms with van der Waals surface area (Å²) in [5.74, 6) is 1.25. The lowest BCUT2D eigenvalue weighted by molar-refractivity contribution is -0.122. The third-order valence-corrected chi connectivity index (χ3v) is 4.28. The summed E-state index contributed by atoms with van der Waals surface area (Å²) in [7, 11) is 0. The lowest BCUT2D eigenvalue weighted by Crippen LogP contribution is -2.42. The molecule has 1 N–H and O–H groups in total. The molecule has 1 fully saturated rings. The topological polar surface area (TPSA) is 72.7 Å². The van der Waals surface area contributed by atoms with Gasteiger partial charge in [0, 0.05) is 30.8 Å². The summed E-state index contributed by atoms with van der Waals surface area (Å²) in [6.45, 7) is 2.47. The highest BCUT2D eigenvalue weighted by Gasteiger charge is 2.23. The van der Waals surface area contributed by atoms with Gasteiger partial charge in [0.05, 0.1) is 6.20 Å². The van der Waals surface area contributed by atoms with E-state index in [0.717, 1.165) is 6.42 Å². The largest absolute Gasteiger partial charge is 0.352 e. The Kier molecular flexibility index (Phi) is 4.46. The molecular formula is C16H21N5O. The van der Waals surface area contributed by atoms with Gasteiger partial charge >= 0.3 is 0 Å². The zero-order chi connectivity index (χ0) is 15.4. The summed E-state index contributed by atoms with van der Waals surface area (Å²) in [4.78, 5) is 24.9. The maximum atomic E-state index is 12.3. The van der Waals surface area contributed by atoms with Crippen LogP contribution in [0.4, 0.5) is 0 Å². The van der Waals surface area contributed by atoms with Crippen molar-refractivity contribution < 1.29 is 4.79 Å². The van der Waals surface area contributed by atoms with Gasteiger partial charge in [0.15, 0.2) is 5.82 Å². The van der Waals surface area contributed by atoms with Crippen LogP contribution in [-0.2, 0) is 11.3 Å². The van der Waals surface area contributed by atoms with Crippen molar-refractivity contribution in [1.29, 1.82) is 0 Å². The van der Waals surface area contributed by atoms with E-state index in [4.69, 9.17) is 0 Å². The molecule has 0 spiro atoms. The van der Waals surface area contributed by atoms with Gasteiger partial charge in [-0.15, -0.1) is 0 Å². The lowest BCUT2D eigenvalue weighted by atomic mass is 9.86. The molecule has 2 aromatic heterocycles. The highest BCUT2D eigenvalue weighted by Crippen LogP contribution is 2.23. The van der Waals surface area contributed by atoms with Crippen molar-refractivity contribution in [2.45, 2.75) is 45.2 Å². The Morgan fingerprint density at radius 1 is 1.27 bits per heavy atom. The lowest BCUT2D eigenvalue weighted by Gasteiger charge is -2.29. The van der Waals surface area contributed by atoms with E-state index >= 15 is 0 Å². The number of imidazole rings is 1. The molecule has 3 rings (SSSR count). The summed E-state index contributed by atoms with van der Waals surface area (Å²) in [5.41, 5.74) is 0.673. The number of hydrogen-bond donors (Lipinski definition) is 1. The van der Waals surface area contributed by atoms with E-state index in [9.17, 15) is 4.79 Å². The smallest absolute Gasteiger partial charge is 0.240 e. The van der Waals surface area contributed by atoms with Gasteiger partial charge in [-0.25, -0.2) is 9.97 Å². The molecule has 1 amide bonds. The van der Waals surface area contributed by atoms with Crippen molar-refractivity contribution in [3.8, 4) is 11.5 Å². The Balaban J connectivity index is 1.66. The first-order chi connectivity index (χ1) is 10.7. The normalized spacial score (nSPS) is 21.5. The highest BCUT2D eigenvalue weighted by molar-refractivity contribution is 5.76. The molecular weight excluding hydrogens is 278 g/mol. The average Bonchev–Trinajstić information content (AvgIpc) is 2.98. The van der Waals surface area contributed by atoms with Crippen molar-refractivity contribution in [3.63, 3.8) is 0 Å². The Labute approximate surface area is 130 Å². The Hall–Kier alpha value is -2.24. The van der Waals surface area contributed by atoms with Crippen molar-refractivity contribution in [1.82, 2.24) is 24.8 Å². The molecule has 22 heavy (non-hydrogen) atoms. The maximum absolute atomic E-state index is 12.3. The standard InChI is InChI=1S/C16H21N5O/c1-12-4-2-3-5-13(12)20-15(22)11-21-9-8-19-16(21)14-10-17-6-7-18-14/h6-10,12-13H,2-5,11H2,1H3,(H,20,22)/t12-,13+/m0/s1. The van der Waals surface area contributed by atoms with Gasteiger partial charge in [-0.1, -0.05) is 19.8 Å². The molecule has 6 nitrogen and oxygen atoms in total. The minimum absolute atomic E-state index is 0.0295. The maximum Gasteiger partial charge on any atom is 0.240 e. The number of hydrogen-bond acceptors (Lipinski definition) is 4. The quantitative estimate of drug-likeness (QED) is 0.937. The van der Waals surface area contributed by atoms with Gasteiger partial charge in [0.1, 0.15) is 12.2 Å². The fraction of sp³-hybridized carbons (Fsp3) is 0.500. The predicted molar refractivity (Wildman–Crippen MR) is 82.8 cm³/mol. The molecule has 1 aliphatic carbocycles. The SMILES string of the molecule is C[C@H]1CCCC[C@H]1NC(=O)Cn1ccnc1-c1cnccn1. The van der Waals surface area contributed by atoms with E-state index in [-0.39, 0.29) is 12.5 Å². The van der Waals surface area contributed by atoms with Gasteiger partial charge in [-0.3, -0.25) is 9.78 Å². The minimum atomic E-state index is 0.0295. The Bertz CT molecular complexity index is 624. The third kappa shape index (κ3) is 3.32. The average molecular weight is 299 g/mol. The zero-order valence-corrected chi connectivity index (χ0v) is 12.8. The van der Waals surface area contributed by atoms with E-state index in [0.29, 0.717) is 23.5 Å². The minimum Gasteiger partial charge on any atom is -0.352 e. The third-order valence-electron chi connectivity index (χ3n) is 4.28. The second-order valence-corrected chi connectivity index (χ2v) is 5.91. The molecule has 2 atom stereocenters. The van der Waals surface area contributed by atoms with Gasteiger partial charge in [-0.2, -0.15) is 0 Å². The van der Waals surface area contributed by atoms with Crippen molar-refractivity contribution in [3.05, 3.63) is 31.0 Å². The molecule has 6 heteroatoms. The summed E-state index contributed by atoms with van der Waals surface area (Å²) in [5, 5.41) is 3.16. The Morgan fingerprint density at radius 2 is 2.14 bits per heavy atom. The molecule has 2 heterocycles. The van der Waals surface area contributed by atoms with Crippen LogP contribution in [0.1, 0.15) is 32.6 Å². The molecule has 0 saturated heterocycles. The van der Waals surface area contributed by atoms with E-state index < -0.39 is 0 Å². The second-order valence-electron chi connectivity index (χ2n) is 5.91. The summed E-state index contributed by atoms with van der Waals surface area (Å²) < 4.78 is 1.81. The number of carbonyl (C=O) groups excluding carboxylic acids is 1.